The molecule has 1 saturated carbocycles. The monoisotopic (exact) mass is 398 g/mol. The number of nitrogens with zero attached hydrogens (tertiary/aromatic N) is 2. The molecule has 7 nitrogen and oxygen atoms in total. The molecule has 1 saturated heterocycles. The van der Waals surface area contributed by atoms with Gasteiger partial charge in [-0.25, -0.2) is 0 Å². The minimum Gasteiger partial charge on any atom is -0.497 e. The van der Waals surface area contributed by atoms with E-state index in [-0.39, 0.29) is 5.91 Å². The highest BCUT2D eigenvalue weighted by Crippen LogP contribution is 2.36. The first kappa shape index (κ1) is 19.9. The number of carbonyl (C=O) groups excluding carboxylic acids is 1. The van der Waals surface area contributed by atoms with Crippen LogP contribution in [-0.4, -0.2) is 41.4 Å². The van der Waals surface area contributed by atoms with Crippen LogP contribution in [0.5, 0.6) is 5.75 Å². The standard InChI is InChI=1S/C22H30N4O3/c1-28-18-9-7-17(8-10-18)22(11-13-29-14-12-22)20(27)24-21-23-19(25-26-21)15-16-5-3-2-4-6-16/h7-10,16H,2-6,11-15H2,1H3,(H2,23,24,25,26,27). The molecule has 156 valence electrons. The van der Waals surface area contributed by atoms with Crippen LogP contribution >= 0.6 is 0 Å². The average Bonchev–Trinajstić information content (AvgIpc) is 3.21. The number of anilines is 1. The highest BCUT2D eigenvalue weighted by atomic mass is 16.5. The Kier molecular flexibility index (Phi) is 6.13. The van der Waals surface area contributed by atoms with E-state index in [9.17, 15) is 4.79 Å². The van der Waals surface area contributed by atoms with Crippen molar-refractivity contribution in [3.63, 3.8) is 0 Å². The van der Waals surface area contributed by atoms with Crippen LogP contribution in [0.2, 0.25) is 0 Å². The average molecular weight is 399 g/mol. The molecule has 0 radical (unpaired) electrons. The van der Waals surface area contributed by atoms with Crippen molar-refractivity contribution >= 4 is 11.9 Å². The topological polar surface area (TPSA) is 89.1 Å². The third-order valence-electron chi connectivity index (χ3n) is 6.39. The number of hydrogen-bond donors (Lipinski definition) is 2. The van der Waals surface area contributed by atoms with Gasteiger partial charge in [0.15, 0.2) is 0 Å². The number of rotatable bonds is 6. The lowest BCUT2D eigenvalue weighted by atomic mass is 9.73. The summed E-state index contributed by atoms with van der Waals surface area (Å²) in [5.41, 5.74) is 0.325. The van der Waals surface area contributed by atoms with E-state index in [0.29, 0.717) is 37.9 Å². The van der Waals surface area contributed by atoms with Gasteiger partial charge < -0.3 is 9.47 Å². The number of carbonyl (C=O) groups is 1. The van der Waals surface area contributed by atoms with Gasteiger partial charge in [-0.2, -0.15) is 4.98 Å². The Morgan fingerprint density at radius 2 is 1.93 bits per heavy atom. The van der Waals surface area contributed by atoms with Crippen LogP contribution in [0.4, 0.5) is 5.95 Å². The fraction of sp³-hybridized carbons (Fsp3) is 0.591. The molecule has 7 heteroatoms. The van der Waals surface area contributed by atoms with Crippen molar-refractivity contribution in [3.8, 4) is 5.75 Å². The van der Waals surface area contributed by atoms with Gasteiger partial charge in [0.1, 0.15) is 11.6 Å². The van der Waals surface area contributed by atoms with Gasteiger partial charge in [0.2, 0.25) is 11.9 Å². The number of nitrogens with one attached hydrogen (secondary N) is 2. The second-order valence-corrected chi connectivity index (χ2v) is 8.19. The van der Waals surface area contributed by atoms with Crippen molar-refractivity contribution in [2.75, 3.05) is 25.6 Å². The molecule has 1 aromatic heterocycles. The van der Waals surface area contributed by atoms with Gasteiger partial charge in [0.05, 0.1) is 12.5 Å². The minimum absolute atomic E-state index is 0.0748. The highest BCUT2D eigenvalue weighted by Gasteiger charge is 2.42. The van der Waals surface area contributed by atoms with Gasteiger partial charge >= 0.3 is 0 Å². The van der Waals surface area contributed by atoms with E-state index in [0.717, 1.165) is 23.6 Å². The minimum atomic E-state index is -0.644. The zero-order valence-electron chi connectivity index (χ0n) is 17.1. The molecular formula is C22H30N4O3. The Balaban J connectivity index is 1.48. The van der Waals surface area contributed by atoms with Crippen LogP contribution < -0.4 is 10.1 Å². The summed E-state index contributed by atoms with van der Waals surface area (Å²) in [6.45, 7) is 1.11. The fourth-order valence-corrected chi connectivity index (χ4v) is 4.61. The third-order valence-corrected chi connectivity index (χ3v) is 6.39. The molecule has 4 rings (SSSR count). The summed E-state index contributed by atoms with van der Waals surface area (Å²) in [6.07, 6.45) is 8.61. The molecule has 2 fully saturated rings. The summed E-state index contributed by atoms with van der Waals surface area (Å²) in [5, 5.41) is 10.2. The number of methoxy groups -OCH3 is 1. The Labute approximate surface area is 171 Å². The molecule has 2 N–H and O–H groups in total. The number of aromatic nitrogens is 3. The molecular weight excluding hydrogens is 368 g/mol. The fourth-order valence-electron chi connectivity index (χ4n) is 4.61. The number of benzene rings is 1. The van der Waals surface area contributed by atoms with Crippen LogP contribution in [0.15, 0.2) is 24.3 Å². The Hall–Kier alpha value is -2.41. The van der Waals surface area contributed by atoms with Gasteiger partial charge in [-0.3, -0.25) is 15.2 Å². The second kappa shape index (κ2) is 8.95. The van der Waals surface area contributed by atoms with Gasteiger partial charge in [-0.05, 0) is 36.5 Å². The number of hydrogen-bond acceptors (Lipinski definition) is 5. The van der Waals surface area contributed by atoms with E-state index in [1.807, 2.05) is 24.3 Å². The summed E-state index contributed by atoms with van der Waals surface area (Å²) < 4.78 is 10.8. The van der Waals surface area contributed by atoms with Gasteiger partial charge in [0, 0.05) is 19.6 Å². The summed E-state index contributed by atoms with van der Waals surface area (Å²) in [5.74, 6) is 2.59. The highest BCUT2D eigenvalue weighted by molar-refractivity contribution is 5.98. The zero-order chi connectivity index (χ0) is 20.1. The second-order valence-electron chi connectivity index (χ2n) is 8.19. The van der Waals surface area contributed by atoms with Gasteiger partial charge in [-0.1, -0.05) is 44.2 Å². The van der Waals surface area contributed by atoms with Crippen molar-refractivity contribution in [1.29, 1.82) is 0 Å². The molecule has 0 spiro atoms. The van der Waals surface area contributed by atoms with Crippen molar-refractivity contribution in [2.24, 2.45) is 5.92 Å². The Morgan fingerprint density at radius 1 is 1.21 bits per heavy atom. The van der Waals surface area contributed by atoms with Crippen LogP contribution in [0.3, 0.4) is 0 Å². The number of H-pyrrole nitrogens is 1. The first-order chi connectivity index (χ1) is 14.2. The van der Waals surface area contributed by atoms with Crippen molar-refractivity contribution < 1.29 is 14.3 Å². The normalized spacial score (nSPS) is 19.6. The molecule has 1 aromatic carbocycles. The molecule has 0 bridgehead atoms. The number of ether oxygens (including phenoxy) is 2. The van der Waals surface area contributed by atoms with E-state index in [1.165, 1.54) is 32.1 Å². The van der Waals surface area contributed by atoms with Crippen LogP contribution in [0, 0.1) is 5.92 Å². The molecule has 1 aliphatic carbocycles. The van der Waals surface area contributed by atoms with Crippen LogP contribution in [0.1, 0.15) is 56.3 Å². The Bertz CT molecular complexity index is 806. The molecule has 2 heterocycles. The van der Waals surface area contributed by atoms with E-state index in [4.69, 9.17) is 9.47 Å². The predicted molar refractivity (Wildman–Crippen MR) is 110 cm³/mol. The summed E-state index contributed by atoms with van der Waals surface area (Å²) in [4.78, 5) is 17.9. The van der Waals surface area contributed by atoms with Gasteiger partial charge in [0.25, 0.3) is 0 Å². The quantitative estimate of drug-likeness (QED) is 0.776. The molecule has 1 amide bonds. The van der Waals surface area contributed by atoms with E-state index >= 15 is 0 Å². The molecule has 2 aromatic rings. The molecule has 1 aliphatic heterocycles. The first-order valence-corrected chi connectivity index (χ1v) is 10.6. The lowest BCUT2D eigenvalue weighted by Crippen LogP contribution is -2.45. The number of amides is 1. The smallest absolute Gasteiger partial charge is 0.248 e. The maximum Gasteiger partial charge on any atom is 0.248 e. The maximum absolute atomic E-state index is 13.4. The van der Waals surface area contributed by atoms with Crippen molar-refractivity contribution in [2.45, 2.75) is 56.8 Å². The predicted octanol–water partition coefficient (Wildman–Crippen LogP) is 3.62. The molecule has 0 unspecified atom stereocenters. The van der Waals surface area contributed by atoms with Crippen molar-refractivity contribution in [3.05, 3.63) is 35.7 Å². The maximum atomic E-state index is 13.4. The van der Waals surface area contributed by atoms with E-state index < -0.39 is 5.41 Å². The zero-order valence-corrected chi connectivity index (χ0v) is 17.1. The lowest BCUT2D eigenvalue weighted by molar-refractivity contribution is -0.125. The SMILES string of the molecule is COc1ccc(C2(C(=O)Nc3n[nH]c(CC4CCCCC4)n3)CCOCC2)cc1. The summed E-state index contributed by atoms with van der Waals surface area (Å²) in [6, 6.07) is 7.73. The van der Waals surface area contributed by atoms with E-state index in [2.05, 4.69) is 20.5 Å². The number of aromatic amines is 1. The van der Waals surface area contributed by atoms with Gasteiger partial charge in [-0.15, -0.1) is 5.10 Å². The lowest BCUT2D eigenvalue weighted by Gasteiger charge is -2.35. The van der Waals surface area contributed by atoms with E-state index in [1.54, 1.807) is 7.11 Å². The molecule has 0 atom stereocenters. The Morgan fingerprint density at radius 3 is 2.62 bits per heavy atom. The van der Waals surface area contributed by atoms with Crippen LogP contribution in [0.25, 0.3) is 0 Å². The largest absolute Gasteiger partial charge is 0.497 e. The molecule has 2 aliphatic rings. The molecule has 29 heavy (non-hydrogen) atoms. The summed E-state index contributed by atoms with van der Waals surface area (Å²) in [7, 11) is 1.64. The third kappa shape index (κ3) is 4.45. The van der Waals surface area contributed by atoms with Crippen molar-refractivity contribution in [1.82, 2.24) is 15.2 Å². The van der Waals surface area contributed by atoms with Crippen LogP contribution in [-0.2, 0) is 21.4 Å². The summed E-state index contributed by atoms with van der Waals surface area (Å²) >= 11 is 0. The first-order valence-electron chi connectivity index (χ1n) is 10.6.